The predicted octanol–water partition coefficient (Wildman–Crippen LogP) is 0.428. The van der Waals surface area contributed by atoms with E-state index in [1.54, 1.807) is 6.92 Å². The third kappa shape index (κ3) is 2.01. The summed E-state index contributed by atoms with van der Waals surface area (Å²) >= 11 is 0. The van der Waals surface area contributed by atoms with E-state index in [0.29, 0.717) is 6.54 Å². The summed E-state index contributed by atoms with van der Waals surface area (Å²) in [7, 11) is 0. The van der Waals surface area contributed by atoms with Gasteiger partial charge in [-0.3, -0.25) is 14.6 Å². The minimum atomic E-state index is -0.500. The van der Waals surface area contributed by atoms with Gasteiger partial charge in [-0.1, -0.05) is 6.92 Å². The molecule has 0 aliphatic carbocycles. The Balaban J connectivity index is 3.04. The zero-order valence-electron chi connectivity index (χ0n) is 8.29. The van der Waals surface area contributed by atoms with Gasteiger partial charge in [0.15, 0.2) is 0 Å². The first-order valence-corrected chi connectivity index (χ1v) is 4.52. The van der Waals surface area contributed by atoms with Gasteiger partial charge in [-0.05, 0) is 20.3 Å². The fraction of sp³-hybridized carbons (Fsp3) is 0.667. The van der Waals surface area contributed by atoms with Crippen LogP contribution in [0.3, 0.4) is 0 Å². The molecule has 0 radical (unpaired) electrons. The van der Waals surface area contributed by atoms with Crippen molar-refractivity contribution in [3.05, 3.63) is 21.6 Å². The van der Waals surface area contributed by atoms with Gasteiger partial charge in [0.25, 0.3) is 5.56 Å². The van der Waals surface area contributed by atoms with Gasteiger partial charge >= 0.3 is 0 Å². The third-order valence-electron chi connectivity index (χ3n) is 2.06. The van der Waals surface area contributed by atoms with Gasteiger partial charge in [0.05, 0.1) is 12.6 Å². The highest BCUT2D eigenvalue weighted by Crippen LogP contribution is 2.00. The molecular weight excluding hydrogens is 168 g/mol. The lowest BCUT2D eigenvalue weighted by molar-refractivity contribution is 0.167. The summed E-state index contributed by atoms with van der Waals surface area (Å²) in [6.07, 6.45) is 0.231. The minimum absolute atomic E-state index is 0.0131. The number of aliphatic hydroxyl groups excluding tert-OH is 1. The zero-order chi connectivity index (χ0) is 10.0. The van der Waals surface area contributed by atoms with Gasteiger partial charge in [0.1, 0.15) is 0 Å². The van der Waals surface area contributed by atoms with Crippen molar-refractivity contribution in [1.29, 1.82) is 0 Å². The largest absolute Gasteiger partial charge is 0.391 e. The Morgan fingerprint density at radius 2 is 2.23 bits per heavy atom. The molecule has 0 amide bonds. The molecule has 1 aromatic rings. The van der Waals surface area contributed by atoms with Crippen molar-refractivity contribution in [1.82, 2.24) is 9.78 Å². The molecule has 0 aromatic carbocycles. The van der Waals surface area contributed by atoms with Crippen LogP contribution in [-0.2, 0) is 13.0 Å². The molecule has 0 aliphatic rings. The average molecular weight is 184 g/mol. The maximum Gasteiger partial charge on any atom is 0.269 e. The number of aliphatic hydroxyl groups is 1. The number of hydrogen-bond acceptors (Lipinski definition) is 2. The van der Waals surface area contributed by atoms with Crippen LogP contribution in [0.15, 0.2) is 4.79 Å². The van der Waals surface area contributed by atoms with E-state index in [4.69, 9.17) is 5.11 Å². The zero-order valence-corrected chi connectivity index (χ0v) is 8.29. The third-order valence-corrected chi connectivity index (χ3v) is 2.06. The lowest BCUT2D eigenvalue weighted by Crippen LogP contribution is -2.24. The van der Waals surface area contributed by atoms with Crippen LogP contribution in [0.5, 0.6) is 0 Å². The highest BCUT2D eigenvalue weighted by molar-refractivity contribution is 5.15. The summed E-state index contributed by atoms with van der Waals surface area (Å²) in [4.78, 5) is 11.6. The monoisotopic (exact) mass is 184 g/mol. The second-order valence-electron chi connectivity index (χ2n) is 3.33. The van der Waals surface area contributed by atoms with E-state index in [1.807, 2.05) is 13.8 Å². The van der Waals surface area contributed by atoms with E-state index >= 15 is 0 Å². The predicted molar refractivity (Wildman–Crippen MR) is 50.8 cm³/mol. The lowest BCUT2D eigenvalue weighted by Gasteiger charge is -2.03. The van der Waals surface area contributed by atoms with E-state index in [9.17, 15) is 4.79 Å². The van der Waals surface area contributed by atoms with Gasteiger partial charge in [0, 0.05) is 11.3 Å². The topological polar surface area (TPSA) is 58.0 Å². The Bertz CT molecular complexity index is 336. The molecule has 4 nitrogen and oxygen atoms in total. The summed E-state index contributed by atoms with van der Waals surface area (Å²) in [5, 5.41) is 12.1. The summed E-state index contributed by atoms with van der Waals surface area (Å²) in [6, 6.07) is 0. The Kier molecular flexibility index (Phi) is 2.93. The van der Waals surface area contributed by atoms with E-state index in [2.05, 4.69) is 5.10 Å². The first-order valence-electron chi connectivity index (χ1n) is 4.52. The number of aryl methyl sites for hydroxylation is 1. The normalized spacial score (nSPS) is 13.2. The van der Waals surface area contributed by atoms with Gasteiger partial charge in [0.2, 0.25) is 0 Å². The number of hydrogen-bond donors (Lipinski definition) is 2. The van der Waals surface area contributed by atoms with Gasteiger partial charge in [-0.2, -0.15) is 0 Å². The summed E-state index contributed by atoms with van der Waals surface area (Å²) in [5.74, 6) is 0. The fourth-order valence-electron chi connectivity index (χ4n) is 1.45. The van der Waals surface area contributed by atoms with E-state index < -0.39 is 6.10 Å². The Morgan fingerprint density at radius 1 is 1.62 bits per heavy atom. The van der Waals surface area contributed by atoms with Crippen LogP contribution in [0, 0.1) is 6.92 Å². The number of H-pyrrole nitrogens is 1. The molecule has 0 aliphatic heterocycles. The summed E-state index contributed by atoms with van der Waals surface area (Å²) < 4.78 is 1.46. The molecular formula is C9H16N2O2. The van der Waals surface area contributed by atoms with Crippen LogP contribution < -0.4 is 5.56 Å². The molecule has 0 fully saturated rings. The quantitative estimate of drug-likeness (QED) is 0.715. The maximum atomic E-state index is 11.6. The number of aromatic nitrogens is 2. The second kappa shape index (κ2) is 3.79. The Labute approximate surface area is 77.2 Å². The summed E-state index contributed by atoms with van der Waals surface area (Å²) in [5.41, 5.74) is 1.69. The van der Waals surface area contributed by atoms with Crippen LogP contribution in [0.1, 0.15) is 25.1 Å². The maximum absolute atomic E-state index is 11.6. The molecule has 0 saturated heterocycles. The highest BCUT2D eigenvalue weighted by Gasteiger charge is 2.09. The van der Waals surface area contributed by atoms with E-state index in [1.165, 1.54) is 4.68 Å². The number of nitrogens with zero attached hydrogens (tertiary/aromatic N) is 1. The van der Waals surface area contributed by atoms with Crippen molar-refractivity contribution in [2.75, 3.05) is 0 Å². The molecule has 1 aromatic heterocycles. The smallest absolute Gasteiger partial charge is 0.269 e. The molecule has 74 valence electrons. The molecule has 2 N–H and O–H groups in total. The average Bonchev–Trinajstić information content (AvgIpc) is 2.26. The van der Waals surface area contributed by atoms with Crippen molar-refractivity contribution in [3.63, 3.8) is 0 Å². The van der Waals surface area contributed by atoms with Crippen LogP contribution >= 0.6 is 0 Å². The SMILES string of the molecule is CCc1c(C)[nH]n(CC(C)O)c1=O. The standard InChI is InChI=1S/C9H16N2O2/c1-4-8-7(3)10-11(9(8)13)5-6(2)12/h6,10,12H,4-5H2,1-3H3. The molecule has 1 rings (SSSR count). The first-order chi connectivity index (χ1) is 6.06. The van der Waals surface area contributed by atoms with E-state index in [-0.39, 0.29) is 5.56 Å². The van der Waals surface area contributed by atoms with Crippen molar-refractivity contribution in [3.8, 4) is 0 Å². The second-order valence-corrected chi connectivity index (χ2v) is 3.33. The van der Waals surface area contributed by atoms with Gasteiger partial charge in [-0.15, -0.1) is 0 Å². The number of nitrogens with one attached hydrogen (secondary N) is 1. The van der Waals surface area contributed by atoms with Crippen LogP contribution in [0.4, 0.5) is 0 Å². The first kappa shape index (κ1) is 10.1. The van der Waals surface area contributed by atoms with Gasteiger partial charge < -0.3 is 5.11 Å². The summed E-state index contributed by atoms with van der Waals surface area (Å²) in [6.45, 7) is 5.82. The van der Waals surface area contributed by atoms with Gasteiger partial charge in [-0.25, -0.2) is 0 Å². The molecule has 0 saturated carbocycles. The molecule has 13 heavy (non-hydrogen) atoms. The molecule has 1 heterocycles. The van der Waals surface area contributed by atoms with Crippen LogP contribution in [0.2, 0.25) is 0 Å². The number of aromatic amines is 1. The van der Waals surface area contributed by atoms with Crippen molar-refractivity contribution >= 4 is 0 Å². The van der Waals surface area contributed by atoms with Crippen molar-refractivity contribution in [2.24, 2.45) is 0 Å². The van der Waals surface area contributed by atoms with Crippen LogP contribution in [0.25, 0.3) is 0 Å². The van der Waals surface area contributed by atoms with E-state index in [0.717, 1.165) is 17.7 Å². The van der Waals surface area contributed by atoms with Crippen molar-refractivity contribution in [2.45, 2.75) is 39.8 Å². The minimum Gasteiger partial charge on any atom is -0.391 e. The number of rotatable bonds is 3. The molecule has 4 heteroatoms. The van der Waals surface area contributed by atoms with Crippen molar-refractivity contribution < 1.29 is 5.11 Å². The molecule has 1 unspecified atom stereocenters. The van der Waals surface area contributed by atoms with Crippen LogP contribution in [-0.4, -0.2) is 21.0 Å². The highest BCUT2D eigenvalue weighted by atomic mass is 16.3. The molecule has 0 spiro atoms. The lowest BCUT2D eigenvalue weighted by atomic mass is 10.2. The Hall–Kier alpha value is -1.03. The fourth-order valence-corrected chi connectivity index (χ4v) is 1.45. The molecule has 1 atom stereocenters. The molecule has 0 bridgehead atoms. The Morgan fingerprint density at radius 3 is 2.62 bits per heavy atom.